The number of likely N-dealkylation sites (tertiary alicyclic amines) is 1. The zero-order valence-electron chi connectivity index (χ0n) is 10.5. The van der Waals surface area contributed by atoms with Crippen LogP contribution in [-0.4, -0.2) is 54.5 Å². The molecule has 0 radical (unpaired) electrons. The SMILES string of the molecule is COC(=O)C1CC(OC[C@@H]2CCCN2C(=O)O)C1. The maximum absolute atomic E-state index is 11.2. The summed E-state index contributed by atoms with van der Waals surface area (Å²) >= 11 is 0. The highest BCUT2D eigenvalue weighted by molar-refractivity contribution is 5.73. The smallest absolute Gasteiger partial charge is 0.407 e. The van der Waals surface area contributed by atoms with Crippen LogP contribution in [0.4, 0.5) is 4.79 Å². The predicted molar refractivity (Wildman–Crippen MR) is 62.2 cm³/mol. The Morgan fingerprint density at radius 3 is 2.72 bits per heavy atom. The lowest BCUT2D eigenvalue weighted by Crippen LogP contribution is -2.42. The molecule has 18 heavy (non-hydrogen) atoms. The van der Waals surface area contributed by atoms with E-state index in [0.717, 1.165) is 12.8 Å². The molecule has 6 heteroatoms. The number of carbonyl (C=O) groups excluding carboxylic acids is 1. The summed E-state index contributed by atoms with van der Waals surface area (Å²) in [4.78, 5) is 23.5. The van der Waals surface area contributed by atoms with Gasteiger partial charge in [-0.2, -0.15) is 0 Å². The number of amides is 1. The average Bonchev–Trinajstić information content (AvgIpc) is 2.74. The molecule has 2 aliphatic rings. The van der Waals surface area contributed by atoms with Crippen LogP contribution in [0.2, 0.25) is 0 Å². The van der Waals surface area contributed by atoms with Crippen LogP contribution in [0.3, 0.4) is 0 Å². The Kier molecular flexibility index (Phi) is 4.06. The van der Waals surface area contributed by atoms with E-state index in [-0.39, 0.29) is 24.0 Å². The van der Waals surface area contributed by atoms with Gasteiger partial charge in [0.1, 0.15) is 0 Å². The van der Waals surface area contributed by atoms with Gasteiger partial charge in [0, 0.05) is 6.54 Å². The van der Waals surface area contributed by atoms with Crippen LogP contribution < -0.4 is 0 Å². The lowest BCUT2D eigenvalue weighted by Gasteiger charge is -2.34. The first kappa shape index (κ1) is 13.1. The Labute approximate surface area is 106 Å². The predicted octanol–water partition coefficient (Wildman–Crippen LogP) is 1.10. The minimum absolute atomic E-state index is 0.0281. The van der Waals surface area contributed by atoms with Gasteiger partial charge in [-0.3, -0.25) is 4.79 Å². The molecule has 0 aromatic rings. The molecule has 2 fully saturated rings. The molecule has 1 N–H and O–H groups in total. The summed E-state index contributed by atoms with van der Waals surface area (Å²) < 4.78 is 10.3. The van der Waals surface area contributed by atoms with Gasteiger partial charge in [0.2, 0.25) is 0 Å². The van der Waals surface area contributed by atoms with Gasteiger partial charge in [-0.05, 0) is 25.7 Å². The van der Waals surface area contributed by atoms with Crippen molar-refractivity contribution < 1.29 is 24.2 Å². The van der Waals surface area contributed by atoms with E-state index in [2.05, 4.69) is 4.74 Å². The lowest BCUT2D eigenvalue weighted by molar-refractivity contribution is -0.155. The molecular formula is C12H19NO5. The van der Waals surface area contributed by atoms with Crippen molar-refractivity contribution in [2.45, 2.75) is 37.8 Å². The second-order valence-corrected chi connectivity index (χ2v) is 4.92. The van der Waals surface area contributed by atoms with Gasteiger partial charge in [0.05, 0.1) is 31.8 Å². The van der Waals surface area contributed by atoms with Crippen molar-refractivity contribution in [1.29, 1.82) is 0 Å². The van der Waals surface area contributed by atoms with Gasteiger partial charge >= 0.3 is 12.1 Å². The highest BCUT2D eigenvalue weighted by atomic mass is 16.5. The average molecular weight is 257 g/mol. The van der Waals surface area contributed by atoms with Crippen LogP contribution in [0.25, 0.3) is 0 Å². The molecule has 1 aliphatic carbocycles. The normalized spacial score (nSPS) is 30.9. The highest BCUT2D eigenvalue weighted by Crippen LogP contribution is 2.31. The van der Waals surface area contributed by atoms with E-state index in [4.69, 9.17) is 9.84 Å². The number of nitrogens with zero attached hydrogens (tertiary/aromatic N) is 1. The van der Waals surface area contributed by atoms with Crippen molar-refractivity contribution in [2.75, 3.05) is 20.3 Å². The fourth-order valence-corrected chi connectivity index (χ4v) is 2.57. The third-order valence-electron chi connectivity index (χ3n) is 3.78. The Morgan fingerprint density at radius 2 is 2.11 bits per heavy atom. The minimum Gasteiger partial charge on any atom is -0.469 e. The molecule has 0 bridgehead atoms. The maximum atomic E-state index is 11.2. The second-order valence-electron chi connectivity index (χ2n) is 4.92. The van der Waals surface area contributed by atoms with Gasteiger partial charge in [-0.15, -0.1) is 0 Å². The van der Waals surface area contributed by atoms with Crippen molar-refractivity contribution in [2.24, 2.45) is 5.92 Å². The van der Waals surface area contributed by atoms with E-state index in [1.807, 2.05) is 0 Å². The summed E-state index contributed by atoms with van der Waals surface area (Å²) in [5, 5.41) is 8.98. The van der Waals surface area contributed by atoms with Crippen LogP contribution in [0.15, 0.2) is 0 Å². The molecular weight excluding hydrogens is 238 g/mol. The van der Waals surface area contributed by atoms with Gasteiger partial charge in [-0.1, -0.05) is 0 Å². The molecule has 102 valence electrons. The van der Waals surface area contributed by atoms with E-state index in [0.29, 0.717) is 26.0 Å². The molecule has 1 saturated heterocycles. The molecule has 6 nitrogen and oxygen atoms in total. The summed E-state index contributed by atoms with van der Waals surface area (Å²) in [6, 6.07) is -0.0281. The van der Waals surface area contributed by atoms with Crippen LogP contribution in [0.1, 0.15) is 25.7 Å². The zero-order valence-corrected chi connectivity index (χ0v) is 10.5. The molecule has 2 rings (SSSR count). The zero-order chi connectivity index (χ0) is 13.1. The van der Waals surface area contributed by atoms with E-state index >= 15 is 0 Å². The van der Waals surface area contributed by atoms with E-state index in [1.54, 1.807) is 0 Å². The van der Waals surface area contributed by atoms with Crippen LogP contribution in [-0.2, 0) is 14.3 Å². The fourth-order valence-electron chi connectivity index (χ4n) is 2.57. The molecule has 1 saturated carbocycles. The van der Waals surface area contributed by atoms with Crippen molar-refractivity contribution in [3.05, 3.63) is 0 Å². The van der Waals surface area contributed by atoms with Crippen molar-refractivity contribution in [1.82, 2.24) is 4.90 Å². The summed E-state index contributed by atoms with van der Waals surface area (Å²) in [7, 11) is 1.39. The summed E-state index contributed by atoms with van der Waals surface area (Å²) in [5.74, 6) is -0.220. The third kappa shape index (κ3) is 2.75. The molecule has 1 atom stereocenters. The molecule has 0 spiro atoms. The monoisotopic (exact) mass is 257 g/mol. The van der Waals surface area contributed by atoms with Gasteiger partial charge in [-0.25, -0.2) is 4.79 Å². The van der Waals surface area contributed by atoms with E-state index in [9.17, 15) is 9.59 Å². The Bertz CT molecular complexity index is 326. The van der Waals surface area contributed by atoms with E-state index < -0.39 is 6.09 Å². The Morgan fingerprint density at radius 1 is 1.39 bits per heavy atom. The Hall–Kier alpha value is -1.30. The lowest BCUT2D eigenvalue weighted by atomic mass is 9.82. The first-order valence-corrected chi connectivity index (χ1v) is 6.30. The van der Waals surface area contributed by atoms with Gasteiger partial charge in [0.15, 0.2) is 0 Å². The minimum atomic E-state index is -0.873. The summed E-state index contributed by atoms with van der Waals surface area (Å²) in [6.07, 6.45) is 2.33. The third-order valence-corrected chi connectivity index (χ3v) is 3.78. The largest absolute Gasteiger partial charge is 0.469 e. The number of methoxy groups -OCH3 is 1. The number of carbonyl (C=O) groups is 2. The number of carboxylic acid groups (broad SMARTS) is 1. The molecule has 0 aromatic heterocycles. The highest BCUT2D eigenvalue weighted by Gasteiger charge is 2.37. The molecule has 0 unspecified atom stereocenters. The number of ether oxygens (including phenoxy) is 2. The molecule has 1 heterocycles. The first-order valence-electron chi connectivity index (χ1n) is 6.30. The van der Waals surface area contributed by atoms with Crippen LogP contribution in [0, 0.1) is 5.92 Å². The topological polar surface area (TPSA) is 76.1 Å². The number of hydrogen-bond acceptors (Lipinski definition) is 4. The van der Waals surface area contributed by atoms with Crippen molar-refractivity contribution in [3.63, 3.8) is 0 Å². The maximum Gasteiger partial charge on any atom is 0.407 e. The molecule has 1 aliphatic heterocycles. The molecule has 0 aromatic carbocycles. The first-order chi connectivity index (χ1) is 8.61. The summed E-state index contributed by atoms with van der Waals surface area (Å²) in [6.45, 7) is 1.03. The quantitative estimate of drug-likeness (QED) is 0.763. The van der Waals surface area contributed by atoms with E-state index in [1.165, 1.54) is 12.0 Å². The standard InChI is InChI=1S/C12H19NO5/c1-17-11(14)8-5-10(6-8)18-7-9-3-2-4-13(9)12(15)16/h8-10H,2-7H2,1H3,(H,15,16)/t8?,9-,10?/m0/s1. The number of hydrogen-bond donors (Lipinski definition) is 1. The van der Waals surface area contributed by atoms with Crippen molar-refractivity contribution >= 4 is 12.1 Å². The van der Waals surface area contributed by atoms with Crippen LogP contribution >= 0.6 is 0 Å². The number of esters is 1. The Balaban J connectivity index is 1.68. The van der Waals surface area contributed by atoms with Gasteiger partial charge < -0.3 is 19.5 Å². The van der Waals surface area contributed by atoms with Gasteiger partial charge in [0.25, 0.3) is 0 Å². The number of rotatable bonds is 4. The fraction of sp³-hybridized carbons (Fsp3) is 0.833. The van der Waals surface area contributed by atoms with Crippen molar-refractivity contribution in [3.8, 4) is 0 Å². The molecule has 1 amide bonds. The summed E-state index contributed by atoms with van der Waals surface area (Å²) in [5.41, 5.74) is 0. The van der Waals surface area contributed by atoms with Crippen LogP contribution in [0.5, 0.6) is 0 Å². The second kappa shape index (κ2) is 5.56.